The number of nitrogens with zero attached hydrogens (tertiary/aromatic N) is 4. The largest absolute Gasteiger partial charge is 0.387 e. The zero-order chi connectivity index (χ0) is 24.3. The van der Waals surface area contributed by atoms with Gasteiger partial charge in [-0.3, -0.25) is 13.5 Å². The third-order valence-electron chi connectivity index (χ3n) is 4.83. The van der Waals surface area contributed by atoms with Crippen molar-refractivity contribution >= 4 is 67.5 Å². The second-order valence-electron chi connectivity index (χ2n) is 7.05. The first-order valence-corrected chi connectivity index (χ1v) is 13.5. The Balaban J connectivity index is 1.68. The lowest BCUT2D eigenvalue weighted by Gasteiger charge is -2.17. The van der Waals surface area contributed by atoms with Gasteiger partial charge in [-0.05, 0) is 18.4 Å². The van der Waals surface area contributed by atoms with E-state index in [2.05, 4.69) is 20.3 Å². The van der Waals surface area contributed by atoms with Gasteiger partial charge in [0.25, 0.3) is 5.91 Å². The van der Waals surface area contributed by atoms with Crippen molar-refractivity contribution in [3.8, 4) is 0 Å². The van der Waals surface area contributed by atoms with Crippen molar-refractivity contribution in [1.82, 2.24) is 24.2 Å². The molecule has 2 aromatic rings. The van der Waals surface area contributed by atoms with Gasteiger partial charge in [-0.1, -0.05) is 0 Å². The number of rotatable bonds is 10. The Morgan fingerprint density at radius 1 is 1.42 bits per heavy atom. The third-order valence-corrected chi connectivity index (χ3v) is 6.85. The quantitative estimate of drug-likeness (QED) is 0.153. The summed E-state index contributed by atoms with van der Waals surface area (Å²) in [6.45, 7) is -0.654. The van der Waals surface area contributed by atoms with E-state index in [1.54, 1.807) is 11.8 Å². The average Bonchev–Trinajstić information content (AvgIpc) is 3.30. The summed E-state index contributed by atoms with van der Waals surface area (Å²) in [5.74, 6) is 0.141. The summed E-state index contributed by atoms with van der Waals surface area (Å²) >= 11 is 3.39. The first kappa shape index (κ1) is 26.3. The summed E-state index contributed by atoms with van der Waals surface area (Å²) in [6.07, 6.45) is -1.76. The van der Waals surface area contributed by atoms with Gasteiger partial charge in [-0.25, -0.2) is 19.7 Å². The molecule has 1 aliphatic rings. The molecule has 1 aliphatic heterocycles. The zero-order valence-corrected chi connectivity index (χ0v) is 21.4. The Labute approximate surface area is 207 Å². The van der Waals surface area contributed by atoms with E-state index in [1.807, 2.05) is 28.8 Å². The van der Waals surface area contributed by atoms with Gasteiger partial charge in [0, 0.05) is 29.6 Å². The number of aromatic nitrogens is 4. The molecule has 0 aliphatic carbocycles. The van der Waals surface area contributed by atoms with E-state index in [-0.39, 0.29) is 6.42 Å². The molecule has 33 heavy (non-hydrogen) atoms. The Morgan fingerprint density at radius 3 is 2.82 bits per heavy atom. The number of nitrogens with one attached hydrogen (secondary N) is 2. The van der Waals surface area contributed by atoms with Gasteiger partial charge in [0.15, 0.2) is 27.0 Å². The van der Waals surface area contributed by atoms with Crippen LogP contribution in [0.25, 0.3) is 11.2 Å². The zero-order valence-electron chi connectivity index (χ0n) is 17.6. The molecule has 2 aromatic heterocycles. The summed E-state index contributed by atoms with van der Waals surface area (Å²) in [7, 11) is -2.84. The number of nitrogens with two attached hydrogens (primary N) is 1. The number of aliphatic hydroxyl groups excluding tert-OH is 2. The minimum atomic E-state index is -4.51. The fourth-order valence-electron chi connectivity index (χ4n) is 3.11. The van der Waals surface area contributed by atoms with Crippen molar-refractivity contribution in [3.05, 3.63) is 10.2 Å². The molecule has 6 N–H and O–H groups in total. The van der Waals surface area contributed by atoms with E-state index in [1.165, 1.54) is 22.7 Å². The average molecular weight is 617 g/mol. The predicted octanol–water partition coefficient (Wildman–Crippen LogP) is -1.45. The van der Waals surface area contributed by atoms with Crippen LogP contribution in [-0.2, 0) is 24.0 Å². The SMILES string of the molecule is CNc1nc(I)nc2c1ncn2[C@@H]1O[C@H](COS(=O)(=O)NC(=O)[C@@H](N)CCSC)[C@@H](O)[C@H]1O. The van der Waals surface area contributed by atoms with Gasteiger partial charge < -0.3 is 26.0 Å². The van der Waals surface area contributed by atoms with Crippen molar-refractivity contribution in [3.63, 3.8) is 0 Å². The number of ether oxygens (including phenoxy) is 1. The van der Waals surface area contributed by atoms with Crippen molar-refractivity contribution in [2.24, 2.45) is 5.73 Å². The molecular formula is C16H24IN7O7S2. The molecule has 14 nitrogen and oxygen atoms in total. The molecule has 0 spiro atoms. The van der Waals surface area contributed by atoms with Gasteiger partial charge in [0.2, 0.25) is 0 Å². The maximum atomic E-state index is 12.1. The minimum Gasteiger partial charge on any atom is -0.387 e. The molecule has 184 valence electrons. The summed E-state index contributed by atoms with van der Waals surface area (Å²) < 4.78 is 38.2. The van der Waals surface area contributed by atoms with Crippen LogP contribution in [0.4, 0.5) is 5.82 Å². The van der Waals surface area contributed by atoms with Gasteiger partial charge in [0.05, 0.1) is 19.0 Å². The van der Waals surface area contributed by atoms with E-state index in [9.17, 15) is 23.4 Å². The highest BCUT2D eigenvalue weighted by Gasteiger charge is 2.45. The number of carbonyl (C=O) groups excluding carboxylic acids is 1. The van der Waals surface area contributed by atoms with Gasteiger partial charge >= 0.3 is 10.3 Å². The number of fused-ring (bicyclic) bond motifs is 1. The lowest BCUT2D eigenvalue weighted by molar-refractivity contribution is -0.120. The van der Waals surface area contributed by atoms with Crippen LogP contribution in [0.15, 0.2) is 6.33 Å². The Bertz CT molecular complexity index is 1100. The van der Waals surface area contributed by atoms with Gasteiger partial charge in [-0.2, -0.15) is 20.2 Å². The maximum Gasteiger partial charge on any atom is 0.362 e. The smallest absolute Gasteiger partial charge is 0.362 e. The molecule has 0 unspecified atom stereocenters. The van der Waals surface area contributed by atoms with Gasteiger partial charge in [-0.15, -0.1) is 0 Å². The number of carbonyl (C=O) groups is 1. The van der Waals surface area contributed by atoms with Crippen LogP contribution >= 0.6 is 34.4 Å². The van der Waals surface area contributed by atoms with Crippen LogP contribution in [0, 0.1) is 3.83 Å². The molecule has 5 atom stereocenters. The predicted molar refractivity (Wildman–Crippen MR) is 127 cm³/mol. The summed E-state index contributed by atoms with van der Waals surface area (Å²) in [4.78, 5) is 24.7. The second-order valence-corrected chi connectivity index (χ2v) is 10.4. The second kappa shape index (κ2) is 10.9. The number of imidazole rings is 1. The van der Waals surface area contributed by atoms with Crippen molar-refractivity contribution in [2.75, 3.05) is 31.0 Å². The van der Waals surface area contributed by atoms with Crippen LogP contribution in [0.5, 0.6) is 0 Å². The third kappa shape index (κ3) is 6.02. The highest BCUT2D eigenvalue weighted by Crippen LogP contribution is 2.32. The number of anilines is 1. The van der Waals surface area contributed by atoms with Crippen LogP contribution < -0.4 is 15.8 Å². The van der Waals surface area contributed by atoms with Crippen molar-refractivity contribution in [1.29, 1.82) is 0 Å². The highest BCUT2D eigenvalue weighted by molar-refractivity contribution is 14.1. The monoisotopic (exact) mass is 617 g/mol. The molecule has 0 bridgehead atoms. The Morgan fingerprint density at radius 2 is 2.15 bits per heavy atom. The summed E-state index contributed by atoms with van der Waals surface area (Å²) in [5.41, 5.74) is 6.42. The molecule has 0 radical (unpaired) electrons. The van der Waals surface area contributed by atoms with E-state index >= 15 is 0 Å². The van der Waals surface area contributed by atoms with Crippen LogP contribution in [-0.4, -0.2) is 94.1 Å². The number of thioether (sulfide) groups is 1. The molecule has 1 fully saturated rings. The fraction of sp³-hybridized carbons (Fsp3) is 0.625. The molecular weight excluding hydrogens is 593 g/mol. The van der Waals surface area contributed by atoms with Gasteiger partial charge in [0.1, 0.15) is 18.3 Å². The Kier molecular flexibility index (Phi) is 8.70. The number of amides is 1. The number of halogens is 1. The van der Waals surface area contributed by atoms with E-state index in [0.29, 0.717) is 26.6 Å². The van der Waals surface area contributed by atoms with Crippen LogP contribution in [0.2, 0.25) is 0 Å². The standard InChI is InChI=1S/C16H24IN7O7S2/c1-19-12-9-13(22-16(17)21-12)24(6-20-9)15-11(26)10(25)8(31-15)5-30-33(28,29)23-14(27)7(18)3-4-32-2/h6-8,10-11,15,25-26H,3-5,18H2,1-2H3,(H,23,27)(H,19,21,22)/t7-,8+,10+,11+,15+/m0/s1. The molecule has 0 aromatic carbocycles. The molecule has 1 saturated heterocycles. The topological polar surface area (TPSA) is 204 Å². The lowest BCUT2D eigenvalue weighted by Crippen LogP contribution is -2.45. The number of aliphatic hydroxyl groups is 2. The molecule has 0 saturated carbocycles. The van der Waals surface area contributed by atoms with E-state index < -0.39 is 53.4 Å². The first-order chi connectivity index (χ1) is 15.6. The minimum absolute atomic E-state index is 0.289. The first-order valence-electron chi connectivity index (χ1n) is 9.63. The van der Waals surface area contributed by atoms with Crippen molar-refractivity contribution < 1.29 is 32.3 Å². The lowest BCUT2D eigenvalue weighted by atomic mass is 10.1. The number of hydrogen-bond donors (Lipinski definition) is 5. The molecule has 3 heterocycles. The van der Waals surface area contributed by atoms with Crippen molar-refractivity contribution in [2.45, 2.75) is 37.0 Å². The summed E-state index contributed by atoms with van der Waals surface area (Å²) in [6, 6.07) is -1.02. The number of hydrogen-bond acceptors (Lipinski definition) is 13. The van der Waals surface area contributed by atoms with Crippen LogP contribution in [0.3, 0.4) is 0 Å². The van der Waals surface area contributed by atoms with Crippen LogP contribution in [0.1, 0.15) is 12.6 Å². The van der Waals surface area contributed by atoms with E-state index in [4.69, 9.17) is 14.7 Å². The fourth-order valence-corrected chi connectivity index (χ4v) is 4.84. The normalized spacial score (nSPS) is 24.2. The molecule has 3 rings (SSSR count). The molecule has 1 amide bonds. The van der Waals surface area contributed by atoms with E-state index in [0.717, 1.165) is 0 Å². The highest BCUT2D eigenvalue weighted by atomic mass is 127. The molecule has 17 heteroatoms. The maximum absolute atomic E-state index is 12.1. The Hall–Kier alpha value is -1.35. The summed E-state index contributed by atoms with van der Waals surface area (Å²) in [5, 5.41) is 23.8.